The van der Waals surface area contributed by atoms with Crippen LogP contribution in [0.4, 0.5) is 5.69 Å². The first-order valence-corrected chi connectivity index (χ1v) is 11.2. The minimum atomic E-state index is -0.0411. The smallest absolute Gasteiger partial charge is 0.0506 e. The second kappa shape index (κ2) is 8.34. The molecular formula is C27H27NS. The van der Waals surface area contributed by atoms with E-state index in [0.29, 0.717) is 0 Å². The molecule has 0 saturated heterocycles. The number of hydrogen-bond acceptors (Lipinski definition) is 2. The largest absolute Gasteiger partial charge is 0.376 e. The van der Waals surface area contributed by atoms with E-state index in [4.69, 9.17) is 0 Å². The Morgan fingerprint density at radius 1 is 0.862 bits per heavy atom. The van der Waals surface area contributed by atoms with Gasteiger partial charge >= 0.3 is 0 Å². The van der Waals surface area contributed by atoms with E-state index < -0.39 is 0 Å². The Morgan fingerprint density at radius 2 is 1.55 bits per heavy atom. The molecule has 146 valence electrons. The predicted molar refractivity (Wildman–Crippen MR) is 131 cm³/mol. The number of fused-ring (bicyclic) bond motifs is 1. The van der Waals surface area contributed by atoms with E-state index in [1.807, 2.05) is 17.8 Å². The number of benzene rings is 3. The molecule has 0 amide bonds. The van der Waals surface area contributed by atoms with E-state index in [9.17, 15) is 0 Å². The first-order valence-electron chi connectivity index (χ1n) is 10.1. The van der Waals surface area contributed by atoms with Crippen LogP contribution in [0.3, 0.4) is 0 Å². The lowest BCUT2D eigenvalue weighted by Gasteiger charge is -2.32. The Bertz CT molecular complexity index is 1050. The molecule has 3 aromatic rings. The van der Waals surface area contributed by atoms with Crippen molar-refractivity contribution in [1.82, 2.24) is 0 Å². The lowest BCUT2D eigenvalue weighted by atomic mass is 9.88. The van der Waals surface area contributed by atoms with Crippen LogP contribution in [-0.4, -0.2) is 17.0 Å². The molecule has 0 aliphatic carbocycles. The van der Waals surface area contributed by atoms with Gasteiger partial charge in [-0.3, -0.25) is 0 Å². The van der Waals surface area contributed by atoms with Gasteiger partial charge in [-0.25, -0.2) is 0 Å². The van der Waals surface area contributed by atoms with Gasteiger partial charge in [-0.2, -0.15) is 11.8 Å². The molecule has 1 N–H and O–H groups in total. The maximum atomic E-state index is 3.86. The zero-order valence-electron chi connectivity index (χ0n) is 17.1. The summed E-state index contributed by atoms with van der Waals surface area (Å²) in [5.41, 5.74) is 8.92. The Morgan fingerprint density at radius 3 is 2.28 bits per heavy atom. The van der Waals surface area contributed by atoms with Gasteiger partial charge in [0.25, 0.3) is 0 Å². The summed E-state index contributed by atoms with van der Waals surface area (Å²) >= 11 is 1.91. The number of anilines is 1. The summed E-state index contributed by atoms with van der Waals surface area (Å²) in [6, 6.07) is 26.1. The lowest BCUT2D eigenvalue weighted by Crippen LogP contribution is -2.32. The van der Waals surface area contributed by atoms with E-state index in [0.717, 1.165) is 11.5 Å². The summed E-state index contributed by atoms with van der Waals surface area (Å²) in [5.74, 6) is 1.96. The summed E-state index contributed by atoms with van der Waals surface area (Å²) in [5, 5.41) is 3.68. The average molecular weight is 398 g/mol. The molecule has 0 bridgehead atoms. The second-order valence-electron chi connectivity index (χ2n) is 7.99. The van der Waals surface area contributed by atoms with Crippen molar-refractivity contribution in [2.24, 2.45) is 0 Å². The van der Waals surface area contributed by atoms with Crippen molar-refractivity contribution in [2.75, 3.05) is 16.8 Å². The Kier molecular flexibility index (Phi) is 5.64. The fourth-order valence-electron chi connectivity index (χ4n) is 3.96. The number of thioether (sulfide) groups is 1. The minimum Gasteiger partial charge on any atom is -0.376 e. The van der Waals surface area contributed by atoms with Crippen molar-refractivity contribution in [1.29, 1.82) is 0 Å². The number of nitrogens with one attached hydrogen (secondary N) is 1. The van der Waals surface area contributed by atoms with Crippen LogP contribution in [0.25, 0.3) is 27.8 Å². The molecule has 29 heavy (non-hydrogen) atoms. The van der Waals surface area contributed by atoms with E-state index in [2.05, 4.69) is 105 Å². The molecule has 0 aromatic heterocycles. The van der Waals surface area contributed by atoms with Crippen molar-refractivity contribution in [3.05, 3.63) is 97.1 Å². The molecule has 3 aromatic carbocycles. The van der Waals surface area contributed by atoms with Gasteiger partial charge < -0.3 is 5.32 Å². The molecular weight excluding hydrogens is 370 g/mol. The van der Waals surface area contributed by atoms with E-state index in [-0.39, 0.29) is 5.54 Å². The number of rotatable bonds is 6. The highest BCUT2D eigenvalue weighted by molar-refractivity contribution is 7.99. The summed E-state index contributed by atoms with van der Waals surface area (Å²) in [6.45, 7) is 8.31. The van der Waals surface area contributed by atoms with Crippen LogP contribution in [-0.2, 0) is 0 Å². The van der Waals surface area contributed by atoms with Gasteiger partial charge in [0.2, 0.25) is 0 Å². The van der Waals surface area contributed by atoms with Crippen LogP contribution in [0, 0.1) is 0 Å². The van der Waals surface area contributed by atoms with E-state index >= 15 is 0 Å². The monoisotopic (exact) mass is 397 g/mol. The highest BCUT2D eigenvalue weighted by Crippen LogP contribution is 2.40. The Balaban J connectivity index is 1.78. The van der Waals surface area contributed by atoms with E-state index in [1.165, 1.54) is 39.1 Å². The molecule has 1 heterocycles. The summed E-state index contributed by atoms with van der Waals surface area (Å²) < 4.78 is 0. The average Bonchev–Trinajstić information content (AvgIpc) is 2.73. The van der Waals surface area contributed by atoms with Gasteiger partial charge in [0, 0.05) is 22.8 Å². The zero-order chi connectivity index (χ0) is 20.3. The molecule has 1 nitrogen and oxygen atoms in total. The van der Waals surface area contributed by atoms with Crippen molar-refractivity contribution in [3.8, 4) is 22.3 Å². The topological polar surface area (TPSA) is 12.0 Å². The predicted octanol–water partition coefficient (Wildman–Crippen LogP) is 7.53. The first-order chi connectivity index (χ1) is 14.1. The molecule has 0 fully saturated rings. The van der Waals surface area contributed by atoms with Gasteiger partial charge in [0.05, 0.1) is 5.54 Å². The highest BCUT2D eigenvalue weighted by atomic mass is 32.2. The summed E-state index contributed by atoms with van der Waals surface area (Å²) in [4.78, 5) is 0. The van der Waals surface area contributed by atoms with Gasteiger partial charge in [-0.1, -0.05) is 72.8 Å². The molecule has 1 aliphatic rings. The van der Waals surface area contributed by atoms with Crippen molar-refractivity contribution in [2.45, 2.75) is 19.4 Å². The maximum Gasteiger partial charge on any atom is 0.0506 e. The Hall–Kier alpha value is -2.71. The Labute approximate surface area is 178 Å². The number of hydrogen-bond donors (Lipinski definition) is 1. The molecule has 0 spiro atoms. The quantitative estimate of drug-likeness (QED) is 0.341. The molecule has 0 unspecified atom stereocenters. The molecule has 4 rings (SSSR count). The SMILES string of the molecule is C=CCSCC1=CC(C)(C)Nc2ccc(-c3ccccc3-c3ccccc3)cc21. The van der Waals surface area contributed by atoms with Crippen LogP contribution < -0.4 is 5.32 Å². The van der Waals surface area contributed by atoms with Gasteiger partial charge in [-0.05, 0) is 53.8 Å². The third kappa shape index (κ3) is 4.33. The lowest BCUT2D eigenvalue weighted by molar-refractivity contribution is 0.707. The van der Waals surface area contributed by atoms with Gasteiger partial charge in [0.15, 0.2) is 0 Å². The van der Waals surface area contributed by atoms with Crippen molar-refractivity contribution in [3.63, 3.8) is 0 Å². The van der Waals surface area contributed by atoms with Crippen molar-refractivity contribution < 1.29 is 0 Å². The van der Waals surface area contributed by atoms with Gasteiger partial charge in [0.1, 0.15) is 0 Å². The maximum absolute atomic E-state index is 3.86. The minimum absolute atomic E-state index is 0.0411. The zero-order valence-corrected chi connectivity index (χ0v) is 17.9. The fraction of sp³-hybridized carbons (Fsp3) is 0.185. The standard InChI is InChI=1S/C27H27NS/c1-4-16-29-19-22-18-27(2,3)28-26-15-14-21(17-25(22)26)24-13-9-8-12-23(24)20-10-6-5-7-11-20/h4-15,17-18,28H,1,16,19H2,2-3H3. The molecule has 0 radical (unpaired) electrons. The van der Waals surface area contributed by atoms with Crippen LogP contribution in [0.1, 0.15) is 19.4 Å². The second-order valence-corrected chi connectivity index (χ2v) is 9.02. The van der Waals surface area contributed by atoms with E-state index in [1.54, 1.807) is 0 Å². The van der Waals surface area contributed by atoms with Crippen LogP contribution >= 0.6 is 11.8 Å². The molecule has 2 heteroatoms. The normalized spacial score (nSPS) is 14.5. The molecule has 1 aliphatic heterocycles. The highest BCUT2D eigenvalue weighted by Gasteiger charge is 2.24. The molecule has 0 saturated carbocycles. The first kappa shape index (κ1) is 19.6. The van der Waals surface area contributed by atoms with Crippen LogP contribution in [0.5, 0.6) is 0 Å². The third-order valence-electron chi connectivity index (χ3n) is 5.17. The van der Waals surface area contributed by atoms with Crippen LogP contribution in [0.15, 0.2) is 91.5 Å². The fourth-order valence-corrected chi connectivity index (χ4v) is 4.70. The molecule has 0 atom stereocenters. The van der Waals surface area contributed by atoms with Crippen LogP contribution in [0.2, 0.25) is 0 Å². The summed E-state index contributed by atoms with van der Waals surface area (Å²) in [7, 11) is 0. The summed E-state index contributed by atoms with van der Waals surface area (Å²) in [6.07, 6.45) is 4.35. The van der Waals surface area contributed by atoms with Crippen molar-refractivity contribution >= 4 is 23.0 Å². The third-order valence-corrected chi connectivity index (χ3v) is 6.16. The van der Waals surface area contributed by atoms with Gasteiger partial charge in [-0.15, -0.1) is 6.58 Å².